The van der Waals surface area contributed by atoms with Gasteiger partial charge in [-0.25, -0.2) is 8.78 Å². The molecule has 1 aromatic heterocycles. The average Bonchev–Trinajstić information content (AvgIpc) is 2.47. The van der Waals surface area contributed by atoms with Gasteiger partial charge >= 0.3 is 11.8 Å². The number of carbonyl (C=O) groups excluding carboxylic acids is 2. The Morgan fingerprint density at radius 1 is 1.00 bits per heavy atom. The molecule has 21 heavy (non-hydrogen) atoms. The third-order valence-corrected chi connectivity index (χ3v) is 2.63. The minimum atomic E-state index is -0.991. The number of carbonyl (C=O) groups is 2. The van der Waals surface area contributed by atoms with Gasteiger partial charge in [0.05, 0.1) is 0 Å². The summed E-state index contributed by atoms with van der Waals surface area (Å²) in [6.07, 6.45) is 2.89. The van der Waals surface area contributed by atoms with Gasteiger partial charge in [0.15, 0.2) is 0 Å². The van der Waals surface area contributed by atoms with E-state index in [0.29, 0.717) is 5.69 Å². The molecule has 2 N–H and O–H groups in total. The van der Waals surface area contributed by atoms with Gasteiger partial charge in [-0.1, -0.05) is 6.07 Å². The number of nitrogens with zero attached hydrogens (tertiary/aromatic N) is 1. The highest BCUT2D eigenvalue weighted by atomic mass is 19.1. The van der Waals surface area contributed by atoms with Crippen LogP contribution in [0.4, 0.5) is 14.5 Å². The maximum Gasteiger partial charge on any atom is 0.313 e. The third kappa shape index (κ3) is 3.82. The van der Waals surface area contributed by atoms with Crippen molar-refractivity contribution in [3.63, 3.8) is 0 Å². The lowest BCUT2D eigenvalue weighted by Crippen LogP contribution is -2.35. The highest BCUT2D eigenvalue weighted by molar-refractivity contribution is 6.39. The summed E-state index contributed by atoms with van der Waals surface area (Å²) in [5.74, 6) is -3.50. The summed E-state index contributed by atoms with van der Waals surface area (Å²) in [5, 5.41) is 4.48. The van der Waals surface area contributed by atoms with E-state index >= 15 is 0 Å². The largest absolute Gasteiger partial charge is 0.344 e. The van der Waals surface area contributed by atoms with E-state index in [0.717, 1.165) is 12.1 Å². The van der Waals surface area contributed by atoms with Crippen LogP contribution in [0.5, 0.6) is 0 Å². The Morgan fingerprint density at radius 3 is 2.24 bits per heavy atom. The number of benzene rings is 1. The van der Waals surface area contributed by atoms with E-state index in [1.807, 2.05) is 0 Å². The number of anilines is 1. The van der Waals surface area contributed by atoms with Crippen molar-refractivity contribution in [2.24, 2.45) is 0 Å². The van der Waals surface area contributed by atoms with Crippen molar-refractivity contribution in [3.8, 4) is 0 Å². The molecule has 0 atom stereocenters. The molecule has 1 aromatic carbocycles. The van der Waals surface area contributed by atoms with E-state index < -0.39 is 30.0 Å². The van der Waals surface area contributed by atoms with Crippen LogP contribution < -0.4 is 10.6 Å². The Morgan fingerprint density at radius 2 is 1.62 bits per heavy atom. The molecule has 108 valence electrons. The van der Waals surface area contributed by atoms with Gasteiger partial charge in [0.2, 0.25) is 0 Å². The van der Waals surface area contributed by atoms with E-state index in [1.54, 1.807) is 0 Å². The predicted octanol–water partition coefficient (Wildman–Crippen LogP) is 1.61. The Hall–Kier alpha value is -2.83. The van der Waals surface area contributed by atoms with Crippen LogP contribution >= 0.6 is 0 Å². The second kappa shape index (κ2) is 6.56. The molecule has 7 heteroatoms. The van der Waals surface area contributed by atoms with Gasteiger partial charge < -0.3 is 10.6 Å². The zero-order valence-corrected chi connectivity index (χ0v) is 10.8. The van der Waals surface area contributed by atoms with Crippen LogP contribution in [0.15, 0.2) is 42.7 Å². The van der Waals surface area contributed by atoms with Crippen molar-refractivity contribution in [2.45, 2.75) is 6.54 Å². The molecule has 0 radical (unpaired) electrons. The molecular weight excluding hydrogens is 280 g/mol. The van der Waals surface area contributed by atoms with Gasteiger partial charge in [0.1, 0.15) is 11.6 Å². The molecule has 1 heterocycles. The fourth-order valence-electron chi connectivity index (χ4n) is 1.57. The topological polar surface area (TPSA) is 71.1 Å². The second-order valence-electron chi connectivity index (χ2n) is 4.07. The minimum absolute atomic E-state index is 0.303. The molecule has 2 amide bonds. The Kier molecular flexibility index (Phi) is 4.55. The number of hydrogen-bond donors (Lipinski definition) is 2. The number of amides is 2. The van der Waals surface area contributed by atoms with Crippen molar-refractivity contribution < 1.29 is 18.4 Å². The van der Waals surface area contributed by atoms with Crippen LogP contribution in [0.1, 0.15) is 5.56 Å². The zero-order chi connectivity index (χ0) is 15.2. The highest BCUT2D eigenvalue weighted by Gasteiger charge is 2.15. The molecule has 0 bridgehead atoms. The molecule has 0 saturated heterocycles. The molecule has 2 aromatic rings. The quantitative estimate of drug-likeness (QED) is 0.844. The number of halogens is 2. The zero-order valence-electron chi connectivity index (χ0n) is 10.8. The molecule has 0 saturated carbocycles. The van der Waals surface area contributed by atoms with Crippen LogP contribution in [0.3, 0.4) is 0 Å². The van der Waals surface area contributed by atoms with Gasteiger partial charge in [-0.3, -0.25) is 14.6 Å². The lowest BCUT2D eigenvalue weighted by molar-refractivity contribution is -0.136. The summed E-state index contributed by atoms with van der Waals surface area (Å²) in [5.41, 5.74) is 0.0878. The lowest BCUT2D eigenvalue weighted by Gasteiger charge is -2.07. The van der Waals surface area contributed by atoms with Crippen LogP contribution in [-0.2, 0) is 16.1 Å². The molecule has 0 fully saturated rings. The first-order chi connectivity index (χ1) is 10.1. The maximum atomic E-state index is 13.4. The standard InChI is InChI=1S/C14H11F2N3O2/c15-11-2-1-3-12(16)10(11)8-18-13(20)14(21)19-9-4-6-17-7-5-9/h1-7H,8H2,(H,18,20)(H,17,19,21). The minimum Gasteiger partial charge on any atom is -0.344 e. The summed E-state index contributed by atoms with van der Waals surface area (Å²) >= 11 is 0. The van der Waals surface area contributed by atoms with Crippen molar-refractivity contribution in [3.05, 3.63) is 59.9 Å². The molecule has 0 unspecified atom stereocenters. The number of pyridine rings is 1. The highest BCUT2D eigenvalue weighted by Crippen LogP contribution is 2.11. The van der Waals surface area contributed by atoms with Crippen molar-refractivity contribution in [2.75, 3.05) is 5.32 Å². The van der Waals surface area contributed by atoms with E-state index in [-0.39, 0.29) is 5.56 Å². The molecule has 0 aliphatic carbocycles. The predicted molar refractivity (Wildman–Crippen MR) is 71.1 cm³/mol. The lowest BCUT2D eigenvalue weighted by atomic mass is 10.2. The fraction of sp³-hybridized carbons (Fsp3) is 0.0714. The van der Waals surface area contributed by atoms with Crippen LogP contribution in [0, 0.1) is 11.6 Å². The van der Waals surface area contributed by atoms with E-state index in [1.165, 1.54) is 30.6 Å². The average molecular weight is 291 g/mol. The van der Waals surface area contributed by atoms with Crippen LogP contribution in [0.25, 0.3) is 0 Å². The Bertz CT molecular complexity index is 642. The fourth-order valence-corrected chi connectivity index (χ4v) is 1.57. The second-order valence-corrected chi connectivity index (χ2v) is 4.07. The van der Waals surface area contributed by atoms with Crippen LogP contribution in [0.2, 0.25) is 0 Å². The number of aromatic nitrogens is 1. The first-order valence-electron chi connectivity index (χ1n) is 6.00. The smallest absolute Gasteiger partial charge is 0.313 e. The first kappa shape index (κ1) is 14.6. The number of rotatable bonds is 3. The third-order valence-electron chi connectivity index (χ3n) is 2.63. The van der Waals surface area contributed by atoms with Gasteiger partial charge in [-0.05, 0) is 24.3 Å². The van der Waals surface area contributed by atoms with Gasteiger partial charge in [0.25, 0.3) is 0 Å². The number of hydrogen-bond acceptors (Lipinski definition) is 3. The summed E-state index contributed by atoms with van der Waals surface area (Å²) < 4.78 is 26.7. The Balaban J connectivity index is 1.94. The summed E-state index contributed by atoms with van der Waals surface area (Å²) in [6, 6.07) is 6.36. The molecule has 5 nitrogen and oxygen atoms in total. The number of nitrogens with one attached hydrogen (secondary N) is 2. The maximum absolute atomic E-state index is 13.4. The molecule has 2 rings (SSSR count). The normalized spacial score (nSPS) is 10.0. The SMILES string of the molecule is O=C(NCc1c(F)cccc1F)C(=O)Nc1ccncc1. The molecule has 0 spiro atoms. The first-order valence-corrected chi connectivity index (χ1v) is 6.00. The summed E-state index contributed by atoms with van der Waals surface area (Å²) in [7, 11) is 0. The van der Waals surface area contributed by atoms with Crippen molar-refractivity contribution >= 4 is 17.5 Å². The van der Waals surface area contributed by atoms with Gasteiger partial charge in [-0.15, -0.1) is 0 Å². The van der Waals surface area contributed by atoms with E-state index in [9.17, 15) is 18.4 Å². The molecular formula is C14H11F2N3O2. The van der Waals surface area contributed by atoms with E-state index in [2.05, 4.69) is 15.6 Å². The van der Waals surface area contributed by atoms with Gasteiger partial charge in [-0.2, -0.15) is 0 Å². The summed E-state index contributed by atoms with van der Waals surface area (Å²) in [6.45, 7) is -0.416. The monoisotopic (exact) mass is 291 g/mol. The molecule has 0 aliphatic heterocycles. The van der Waals surface area contributed by atoms with Gasteiger partial charge in [0, 0.05) is 30.2 Å². The van der Waals surface area contributed by atoms with E-state index in [4.69, 9.17) is 0 Å². The molecule has 0 aliphatic rings. The summed E-state index contributed by atoms with van der Waals surface area (Å²) in [4.78, 5) is 26.9. The van der Waals surface area contributed by atoms with Crippen LogP contribution in [-0.4, -0.2) is 16.8 Å². The van der Waals surface area contributed by atoms with Crippen molar-refractivity contribution in [1.29, 1.82) is 0 Å². The van der Waals surface area contributed by atoms with Crippen molar-refractivity contribution in [1.82, 2.24) is 10.3 Å². The Labute approximate surface area is 119 Å².